The Balaban J connectivity index is 2.07. The summed E-state index contributed by atoms with van der Waals surface area (Å²) in [5.74, 6) is 0. The maximum atomic E-state index is 5.60. The molecule has 0 aliphatic rings. The zero-order valence-corrected chi connectivity index (χ0v) is 13.0. The maximum absolute atomic E-state index is 5.60. The summed E-state index contributed by atoms with van der Waals surface area (Å²) in [5.41, 5.74) is 9.58. The first-order valence-electron chi connectivity index (χ1n) is 7.91. The lowest BCUT2D eigenvalue weighted by atomic mass is 10.1. The highest BCUT2D eigenvalue weighted by Gasteiger charge is 2.06. The first-order valence-corrected chi connectivity index (χ1v) is 7.91. The molecule has 2 nitrogen and oxygen atoms in total. The highest BCUT2D eigenvalue weighted by atomic mass is 15.1. The summed E-state index contributed by atoms with van der Waals surface area (Å²) < 4.78 is 0. The van der Waals surface area contributed by atoms with E-state index in [0.717, 1.165) is 19.5 Å². The quantitative estimate of drug-likeness (QED) is 0.793. The lowest BCUT2D eigenvalue weighted by Gasteiger charge is -2.25. The van der Waals surface area contributed by atoms with Crippen LogP contribution < -0.4 is 10.6 Å². The number of nitrogens with zero attached hydrogens (tertiary/aromatic N) is 1. The molecule has 0 unspecified atom stereocenters. The lowest BCUT2D eigenvalue weighted by Crippen LogP contribution is -2.23. The molecule has 0 saturated heterocycles. The van der Waals surface area contributed by atoms with E-state index in [1.165, 1.54) is 29.7 Å². The molecular weight excluding hydrogens is 256 g/mol. The van der Waals surface area contributed by atoms with E-state index in [1.54, 1.807) is 0 Å². The van der Waals surface area contributed by atoms with Gasteiger partial charge in [0.15, 0.2) is 0 Å². The van der Waals surface area contributed by atoms with Crippen molar-refractivity contribution < 1.29 is 0 Å². The molecule has 0 heterocycles. The van der Waals surface area contributed by atoms with Gasteiger partial charge in [-0.3, -0.25) is 0 Å². The van der Waals surface area contributed by atoms with Gasteiger partial charge in [0.05, 0.1) is 0 Å². The van der Waals surface area contributed by atoms with E-state index >= 15 is 0 Å². The molecule has 0 aliphatic heterocycles. The Labute approximate surface area is 128 Å². The van der Waals surface area contributed by atoms with Gasteiger partial charge in [0.2, 0.25) is 0 Å². The van der Waals surface area contributed by atoms with Gasteiger partial charge < -0.3 is 10.6 Å². The maximum Gasteiger partial charge on any atom is 0.0429 e. The van der Waals surface area contributed by atoms with E-state index < -0.39 is 0 Å². The number of anilines is 1. The van der Waals surface area contributed by atoms with E-state index in [9.17, 15) is 0 Å². The topological polar surface area (TPSA) is 29.3 Å². The van der Waals surface area contributed by atoms with Gasteiger partial charge >= 0.3 is 0 Å². The number of rotatable bonds is 8. The fourth-order valence-corrected chi connectivity index (χ4v) is 2.49. The van der Waals surface area contributed by atoms with Crippen molar-refractivity contribution in [2.24, 2.45) is 5.73 Å². The molecule has 0 fully saturated rings. The Morgan fingerprint density at radius 1 is 0.905 bits per heavy atom. The number of nitrogens with two attached hydrogens (primary N) is 1. The Kier molecular flexibility index (Phi) is 6.29. The zero-order valence-electron chi connectivity index (χ0n) is 13.0. The van der Waals surface area contributed by atoms with Gasteiger partial charge in [-0.1, -0.05) is 55.8 Å². The van der Waals surface area contributed by atoms with Crippen LogP contribution in [0.1, 0.15) is 30.9 Å². The SMILES string of the molecule is CCCCN(Cc1ccc(CCN)cc1)c1ccccc1. The molecule has 2 N–H and O–H groups in total. The van der Waals surface area contributed by atoms with Crippen LogP contribution in [-0.4, -0.2) is 13.1 Å². The molecule has 112 valence electrons. The number of hydrogen-bond acceptors (Lipinski definition) is 2. The van der Waals surface area contributed by atoms with Gasteiger partial charge in [-0.2, -0.15) is 0 Å². The van der Waals surface area contributed by atoms with Crippen molar-refractivity contribution >= 4 is 5.69 Å². The highest BCUT2D eigenvalue weighted by Crippen LogP contribution is 2.18. The molecule has 0 aliphatic carbocycles. The van der Waals surface area contributed by atoms with Crippen LogP contribution in [0.15, 0.2) is 54.6 Å². The molecule has 0 spiro atoms. The molecule has 0 aromatic heterocycles. The summed E-state index contributed by atoms with van der Waals surface area (Å²) in [6.07, 6.45) is 3.40. The molecular formula is C19H26N2. The number of para-hydroxylation sites is 1. The first-order chi connectivity index (χ1) is 10.3. The van der Waals surface area contributed by atoms with Crippen molar-refractivity contribution in [3.05, 3.63) is 65.7 Å². The minimum Gasteiger partial charge on any atom is -0.367 e. The minimum atomic E-state index is 0.714. The molecule has 2 heteroatoms. The van der Waals surface area contributed by atoms with Gasteiger partial charge in [0.25, 0.3) is 0 Å². The predicted molar refractivity (Wildman–Crippen MR) is 91.6 cm³/mol. The summed E-state index contributed by atoms with van der Waals surface area (Å²) in [7, 11) is 0. The van der Waals surface area contributed by atoms with Crippen molar-refractivity contribution in [2.45, 2.75) is 32.7 Å². The van der Waals surface area contributed by atoms with Gasteiger partial charge in [-0.05, 0) is 42.6 Å². The zero-order chi connectivity index (χ0) is 14.9. The highest BCUT2D eigenvalue weighted by molar-refractivity contribution is 5.46. The Bertz CT molecular complexity index is 505. The first kappa shape index (κ1) is 15.6. The minimum absolute atomic E-state index is 0.714. The Morgan fingerprint density at radius 2 is 1.57 bits per heavy atom. The van der Waals surface area contributed by atoms with Crippen LogP contribution in [0.2, 0.25) is 0 Å². The van der Waals surface area contributed by atoms with Crippen molar-refractivity contribution in [2.75, 3.05) is 18.0 Å². The Morgan fingerprint density at radius 3 is 2.19 bits per heavy atom. The van der Waals surface area contributed by atoms with Crippen LogP contribution in [0.25, 0.3) is 0 Å². The van der Waals surface area contributed by atoms with Crippen LogP contribution in [0.3, 0.4) is 0 Å². The molecule has 0 amide bonds. The van der Waals surface area contributed by atoms with Crippen LogP contribution in [0.5, 0.6) is 0 Å². The third kappa shape index (κ3) is 4.91. The molecule has 0 radical (unpaired) electrons. The molecule has 2 aromatic carbocycles. The van der Waals surface area contributed by atoms with Crippen LogP contribution >= 0.6 is 0 Å². The second-order valence-corrected chi connectivity index (χ2v) is 5.47. The average Bonchev–Trinajstić information content (AvgIpc) is 2.54. The van der Waals surface area contributed by atoms with Gasteiger partial charge in [0.1, 0.15) is 0 Å². The van der Waals surface area contributed by atoms with E-state index in [-0.39, 0.29) is 0 Å². The summed E-state index contributed by atoms with van der Waals surface area (Å²) >= 11 is 0. The molecule has 2 aromatic rings. The van der Waals surface area contributed by atoms with Gasteiger partial charge in [0, 0.05) is 18.8 Å². The molecule has 0 saturated carbocycles. The third-order valence-electron chi connectivity index (χ3n) is 3.73. The number of benzene rings is 2. The summed E-state index contributed by atoms with van der Waals surface area (Å²) in [6.45, 7) is 5.02. The van der Waals surface area contributed by atoms with Crippen molar-refractivity contribution in [3.63, 3.8) is 0 Å². The monoisotopic (exact) mass is 282 g/mol. The average molecular weight is 282 g/mol. The smallest absolute Gasteiger partial charge is 0.0429 e. The van der Waals surface area contributed by atoms with E-state index in [2.05, 4.69) is 66.4 Å². The normalized spacial score (nSPS) is 10.6. The fraction of sp³-hybridized carbons (Fsp3) is 0.368. The predicted octanol–water partition coefficient (Wildman–Crippen LogP) is 3.99. The molecule has 2 rings (SSSR count). The fourth-order valence-electron chi connectivity index (χ4n) is 2.49. The number of unbranched alkanes of at least 4 members (excludes halogenated alkanes) is 1. The standard InChI is InChI=1S/C19H26N2/c1-2-3-15-21(19-7-5-4-6-8-19)16-18-11-9-17(10-12-18)13-14-20/h4-12H,2-3,13-16,20H2,1H3. The Hall–Kier alpha value is -1.80. The molecule has 0 atom stereocenters. The third-order valence-corrected chi connectivity index (χ3v) is 3.73. The van der Waals surface area contributed by atoms with E-state index in [1.807, 2.05) is 0 Å². The second kappa shape index (κ2) is 8.48. The summed E-state index contributed by atoms with van der Waals surface area (Å²) in [4.78, 5) is 2.46. The van der Waals surface area contributed by atoms with Crippen LogP contribution in [-0.2, 0) is 13.0 Å². The summed E-state index contributed by atoms with van der Waals surface area (Å²) in [6, 6.07) is 19.5. The van der Waals surface area contributed by atoms with Gasteiger partial charge in [-0.25, -0.2) is 0 Å². The molecule has 0 bridgehead atoms. The second-order valence-electron chi connectivity index (χ2n) is 5.47. The molecule has 21 heavy (non-hydrogen) atoms. The van der Waals surface area contributed by atoms with Gasteiger partial charge in [-0.15, -0.1) is 0 Å². The van der Waals surface area contributed by atoms with Crippen molar-refractivity contribution in [3.8, 4) is 0 Å². The van der Waals surface area contributed by atoms with Crippen molar-refractivity contribution in [1.82, 2.24) is 0 Å². The van der Waals surface area contributed by atoms with Crippen LogP contribution in [0, 0.1) is 0 Å². The van der Waals surface area contributed by atoms with E-state index in [4.69, 9.17) is 5.73 Å². The van der Waals surface area contributed by atoms with Crippen molar-refractivity contribution in [1.29, 1.82) is 0 Å². The lowest BCUT2D eigenvalue weighted by molar-refractivity contribution is 0.716. The van der Waals surface area contributed by atoms with Crippen LogP contribution in [0.4, 0.5) is 5.69 Å². The summed E-state index contributed by atoms with van der Waals surface area (Å²) in [5, 5.41) is 0. The largest absolute Gasteiger partial charge is 0.367 e. The number of hydrogen-bond donors (Lipinski definition) is 1. The van der Waals surface area contributed by atoms with E-state index in [0.29, 0.717) is 6.54 Å².